The molecule has 132 valence electrons. The molecule has 0 bridgehead atoms. The number of nitrogens with two attached hydrogens (primary N) is 1. The van der Waals surface area contributed by atoms with Gasteiger partial charge in [-0.25, -0.2) is 0 Å². The van der Waals surface area contributed by atoms with Gasteiger partial charge in [-0.05, 0) is 30.7 Å². The second-order valence-corrected chi connectivity index (χ2v) is 6.43. The first-order valence-electron chi connectivity index (χ1n) is 8.47. The summed E-state index contributed by atoms with van der Waals surface area (Å²) in [5.41, 5.74) is 8.64. The molecule has 0 aliphatic heterocycles. The van der Waals surface area contributed by atoms with Crippen molar-refractivity contribution in [3.8, 4) is 0 Å². The lowest BCUT2D eigenvalue weighted by Gasteiger charge is -2.23. The predicted molar refractivity (Wildman–Crippen MR) is 103 cm³/mol. The van der Waals surface area contributed by atoms with Crippen LogP contribution in [0.4, 0.5) is 11.4 Å². The number of nitrogens with one attached hydrogen (secondary N) is 1. The highest BCUT2D eigenvalue weighted by molar-refractivity contribution is 6.32. The van der Waals surface area contributed by atoms with E-state index in [1.807, 2.05) is 6.07 Å². The Morgan fingerprint density at radius 3 is 2.04 bits per heavy atom. The maximum absolute atomic E-state index is 13.1. The number of rotatable bonds is 2. The molecule has 0 saturated carbocycles. The molecule has 0 unspecified atom stereocenters. The third kappa shape index (κ3) is 2.60. The van der Waals surface area contributed by atoms with Crippen LogP contribution in [0, 0.1) is 6.92 Å². The summed E-state index contributed by atoms with van der Waals surface area (Å²) in [5.74, 6) is -0.989. The van der Waals surface area contributed by atoms with Crippen LogP contribution in [0.2, 0.25) is 0 Å². The molecule has 0 fully saturated rings. The molecule has 5 nitrogen and oxygen atoms in total. The van der Waals surface area contributed by atoms with Gasteiger partial charge < -0.3 is 11.1 Å². The maximum atomic E-state index is 13.1. The standard InChI is InChI=1S/C22H16N2O3/c1-12-11-16(23)17-18(19(12)24-22(27)13-7-3-2-4-8-13)21(26)15-10-6-5-9-14(15)20(17)25/h2-11H,23H2,1H3,(H,24,27). The molecule has 1 aliphatic rings. The number of amides is 1. The Kier molecular flexibility index (Phi) is 3.85. The van der Waals surface area contributed by atoms with Gasteiger partial charge in [-0.1, -0.05) is 42.5 Å². The second-order valence-electron chi connectivity index (χ2n) is 6.43. The fourth-order valence-corrected chi connectivity index (χ4v) is 3.40. The Morgan fingerprint density at radius 2 is 1.41 bits per heavy atom. The van der Waals surface area contributed by atoms with Crippen molar-refractivity contribution in [2.45, 2.75) is 6.92 Å². The van der Waals surface area contributed by atoms with Gasteiger partial charge in [0, 0.05) is 22.4 Å². The van der Waals surface area contributed by atoms with Crippen molar-refractivity contribution >= 4 is 28.8 Å². The molecule has 5 heteroatoms. The molecule has 3 aromatic rings. The Hall–Kier alpha value is -3.73. The highest BCUT2D eigenvalue weighted by Crippen LogP contribution is 2.37. The van der Waals surface area contributed by atoms with Crippen LogP contribution in [0.25, 0.3) is 0 Å². The van der Waals surface area contributed by atoms with Crippen LogP contribution in [0.15, 0.2) is 60.7 Å². The van der Waals surface area contributed by atoms with Crippen LogP contribution in [0.3, 0.4) is 0 Å². The van der Waals surface area contributed by atoms with E-state index in [4.69, 9.17) is 5.73 Å². The van der Waals surface area contributed by atoms with E-state index in [1.165, 1.54) is 0 Å². The van der Waals surface area contributed by atoms with E-state index in [0.29, 0.717) is 27.9 Å². The predicted octanol–water partition coefficient (Wildman–Crippen LogP) is 3.60. The summed E-state index contributed by atoms with van der Waals surface area (Å²) in [6.07, 6.45) is 0. The van der Waals surface area contributed by atoms with Crippen molar-refractivity contribution in [3.05, 3.63) is 94.0 Å². The third-order valence-corrected chi connectivity index (χ3v) is 4.70. The van der Waals surface area contributed by atoms with E-state index in [-0.39, 0.29) is 34.3 Å². The van der Waals surface area contributed by atoms with Crippen LogP contribution < -0.4 is 11.1 Å². The highest BCUT2D eigenvalue weighted by Gasteiger charge is 2.34. The Labute approximate surface area is 155 Å². The molecule has 3 N–H and O–H groups in total. The van der Waals surface area contributed by atoms with Crippen molar-refractivity contribution in [1.82, 2.24) is 0 Å². The van der Waals surface area contributed by atoms with Gasteiger partial charge in [-0.15, -0.1) is 0 Å². The lowest BCUT2D eigenvalue weighted by Crippen LogP contribution is -2.26. The molecule has 0 heterocycles. The number of hydrogen-bond acceptors (Lipinski definition) is 4. The van der Waals surface area contributed by atoms with Gasteiger partial charge in [-0.2, -0.15) is 0 Å². The molecule has 4 rings (SSSR count). The van der Waals surface area contributed by atoms with E-state index in [0.717, 1.165) is 0 Å². The number of hydrogen-bond donors (Lipinski definition) is 2. The number of aryl methyl sites for hydroxylation is 1. The van der Waals surface area contributed by atoms with Crippen molar-refractivity contribution in [1.29, 1.82) is 0 Å². The van der Waals surface area contributed by atoms with Gasteiger partial charge in [0.15, 0.2) is 11.6 Å². The van der Waals surface area contributed by atoms with Gasteiger partial charge >= 0.3 is 0 Å². The lowest BCUT2D eigenvalue weighted by molar-refractivity contribution is 0.0979. The fourth-order valence-electron chi connectivity index (χ4n) is 3.40. The van der Waals surface area contributed by atoms with E-state index < -0.39 is 0 Å². The van der Waals surface area contributed by atoms with E-state index in [2.05, 4.69) is 5.32 Å². The zero-order valence-corrected chi connectivity index (χ0v) is 14.6. The minimum atomic E-state index is -0.357. The summed E-state index contributed by atoms with van der Waals surface area (Å²) in [7, 11) is 0. The fraction of sp³-hybridized carbons (Fsp3) is 0.0455. The first kappa shape index (κ1) is 16.7. The number of ketones is 2. The molecule has 0 spiro atoms. The summed E-state index contributed by atoms with van der Waals surface area (Å²) in [6, 6.07) is 16.9. The topological polar surface area (TPSA) is 89.3 Å². The monoisotopic (exact) mass is 356 g/mol. The minimum absolute atomic E-state index is 0.146. The zero-order chi connectivity index (χ0) is 19.1. The molecule has 27 heavy (non-hydrogen) atoms. The van der Waals surface area contributed by atoms with E-state index in [1.54, 1.807) is 61.5 Å². The molecule has 1 amide bonds. The van der Waals surface area contributed by atoms with Crippen molar-refractivity contribution < 1.29 is 14.4 Å². The normalized spacial score (nSPS) is 12.3. The SMILES string of the molecule is Cc1cc(N)c2c(c1NC(=O)c1ccccc1)C(=O)c1ccccc1C2=O. The highest BCUT2D eigenvalue weighted by atomic mass is 16.2. The molecular formula is C22H16N2O3. The summed E-state index contributed by atoms with van der Waals surface area (Å²) < 4.78 is 0. The van der Waals surface area contributed by atoms with E-state index >= 15 is 0 Å². The maximum Gasteiger partial charge on any atom is 0.255 e. The number of carbonyl (C=O) groups is 3. The Balaban J connectivity index is 1.89. The van der Waals surface area contributed by atoms with Crippen LogP contribution in [-0.2, 0) is 0 Å². The largest absolute Gasteiger partial charge is 0.398 e. The van der Waals surface area contributed by atoms with Gasteiger partial charge in [0.1, 0.15) is 0 Å². The zero-order valence-electron chi connectivity index (χ0n) is 14.6. The van der Waals surface area contributed by atoms with Gasteiger partial charge in [0.25, 0.3) is 5.91 Å². The molecule has 0 atom stereocenters. The summed E-state index contributed by atoms with van der Waals surface area (Å²) in [4.78, 5) is 38.7. The molecular weight excluding hydrogens is 340 g/mol. The second kappa shape index (κ2) is 6.21. The molecule has 0 aromatic heterocycles. The number of fused-ring (bicyclic) bond motifs is 2. The number of anilines is 2. The van der Waals surface area contributed by atoms with E-state index in [9.17, 15) is 14.4 Å². The first-order chi connectivity index (χ1) is 13.0. The number of benzene rings is 3. The van der Waals surface area contributed by atoms with Crippen molar-refractivity contribution in [2.24, 2.45) is 0 Å². The number of carbonyl (C=O) groups excluding carboxylic acids is 3. The van der Waals surface area contributed by atoms with Gasteiger partial charge in [-0.3, -0.25) is 14.4 Å². The van der Waals surface area contributed by atoms with Crippen LogP contribution in [0.5, 0.6) is 0 Å². The molecule has 3 aromatic carbocycles. The van der Waals surface area contributed by atoms with Crippen LogP contribution >= 0.6 is 0 Å². The number of nitrogen functional groups attached to an aromatic ring is 1. The first-order valence-corrected chi connectivity index (χ1v) is 8.47. The van der Waals surface area contributed by atoms with Crippen LogP contribution in [-0.4, -0.2) is 17.5 Å². The summed E-state index contributed by atoms with van der Waals surface area (Å²) in [5, 5.41) is 2.80. The van der Waals surface area contributed by atoms with Crippen LogP contribution in [0.1, 0.15) is 47.8 Å². The van der Waals surface area contributed by atoms with Gasteiger partial charge in [0.2, 0.25) is 0 Å². The quantitative estimate of drug-likeness (QED) is 0.537. The average Bonchev–Trinajstić information content (AvgIpc) is 2.68. The molecule has 0 saturated heterocycles. The summed E-state index contributed by atoms with van der Waals surface area (Å²) in [6.45, 7) is 1.75. The van der Waals surface area contributed by atoms with Crippen molar-refractivity contribution in [2.75, 3.05) is 11.1 Å². The summed E-state index contributed by atoms with van der Waals surface area (Å²) >= 11 is 0. The lowest BCUT2D eigenvalue weighted by atomic mass is 9.81. The Bertz CT molecular complexity index is 1120. The Morgan fingerprint density at radius 1 is 0.852 bits per heavy atom. The third-order valence-electron chi connectivity index (χ3n) is 4.70. The van der Waals surface area contributed by atoms with Gasteiger partial charge in [0.05, 0.1) is 16.8 Å². The van der Waals surface area contributed by atoms with Crippen molar-refractivity contribution in [3.63, 3.8) is 0 Å². The molecule has 1 aliphatic carbocycles. The molecule has 0 radical (unpaired) electrons. The average molecular weight is 356 g/mol. The smallest absolute Gasteiger partial charge is 0.255 e. The minimum Gasteiger partial charge on any atom is -0.398 e.